The maximum absolute atomic E-state index is 6.11. The molecule has 2 rings (SSSR count). The minimum atomic E-state index is 0.0728. The molecule has 2 aromatic rings. The van der Waals surface area contributed by atoms with Gasteiger partial charge < -0.3 is 5.73 Å². The summed E-state index contributed by atoms with van der Waals surface area (Å²) in [5.74, 6) is 0.612. The molecule has 4 heteroatoms. The van der Waals surface area contributed by atoms with Gasteiger partial charge in [-0.05, 0) is 23.8 Å². The van der Waals surface area contributed by atoms with E-state index in [-0.39, 0.29) is 6.04 Å². The molecule has 0 radical (unpaired) electrons. The molecule has 16 heavy (non-hydrogen) atoms. The van der Waals surface area contributed by atoms with Gasteiger partial charge in [0, 0.05) is 22.4 Å². The molecule has 0 bridgehead atoms. The van der Waals surface area contributed by atoms with E-state index in [4.69, 9.17) is 5.73 Å². The van der Waals surface area contributed by atoms with Gasteiger partial charge in [0.15, 0.2) is 0 Å². The third-order valence-corrected chi connectivity index (χ3v) is 3.99. The van der Waals surface area contributed by atoms with Gasteiger partial charge in [0.1, 0.15) is 5.01 Å². The van der Waals surface area contributed by atoms with Gasteiger partial charge in [0.25, 0.3) is 0 Å². The minimum Gasteiger partial charge on any atom is -0.323 e. The molecule has 0 aromatic carbocycles. The fraction of sp³-hybridized carbons (Fsp3) is 0.417. The predicted octanol–water partition coefficient (Wildman–Crippen LogP) is 3.92. The van der Waals surface area contributed by atoms with Crippen LogP contribution in [-0.4, -0.2) is 4.98 Å². The topological polar surface area (TPSA) is 38.9 Å². The average Bonchev–Trinajstić information content (AvgIpc) is 2.87. The summed E-state index contributed by atoms with van der Waals surface area (Å²) in [6.45, 7) is 4.37. The summed E-state index contributed by atoms with van der Waals surface area (Å²) in [5.41, 5.74) is 8.34. The second kappa shape index (κ2) is 5.08. The summed E-state index contributed by atoms with van der Waals surface area (Å²) < 4.78 is 0. The number of thiophene rings is 1. The molecule has 2 nitrogen and oxygen atoms in total. The van der Waals surface area contributed by atoms with Crippen LogP contribution in [0, 0.1) is 5.92 Å². The van der Waals surface area contributed by atoms with Crippen molar-refractivity contribution >= 4 is 22.7 Å². The molecule has 0 fully saturated rings. The molecule has 0 saturated heterocycles. The first-order chi connectivity index (χ1) is 7.66. The Hall–Kier alpha value is -0.710. The van der Waals surface area contributed by atoms with Crippen LogP contribution in [0.5, 0.6) is 0 Å². The average molecular weight is 252 g/mol. The zero-order chi connectivity index (χ0) is 11.5. The quantitative estimate of drug-likeness (QED) is 0.895. The van der Waals surface area contributed by atoms with Crippen molar-refractivity contribution in [2.24, 2.45) is 11.7 Å². The molecule has 0 aliphatic rings. The van der Waals surface area contributed by atoms with E-state index in [0.29, 0.717) is 5.92 Å². The van der Waals surface area contributed by atoms with Crippen molar-refractivity contribution in [3.05, 3.63) is 27.9 Å². The highest BCUT2D eigenvalue weighted by atomic mass is 32.1. The largest absolute Gasteiger partial charge is 0.323 e. The molecule has 0 amide bonds. The molecular formula is C12H16N2S2. The van der Waals surface area contributed by atoms with Crippen LogP contribution in [0.3, 0.4) is 0 Å². The highest BCUT2D eigenvalue weighted by molar-refractivity contribution is 7.14. The lowest BCUT2D eigenvalue weighted by Gasteiger charge is -2.10. The highest BCUT2D eigenvalue weighted by Gasteiger charge is 2.13. The lowest BCUT2D eigenvalue weighted by molar-refractivity contribution is 0.504. The van der Waals surface area contributed by atoms with E-state index in [1.165, 1.54) is 5.56 Å². The number of nitrogens with zero attached hydrogens (tertiary/aromatic N) is 1. The van der Waals surface area contributed by atoms with E-state index in [1.54, 1.807) is 22.7 Å². The van der Waals surface area contributed by atoms with Gasteiger partial charge in [-0.2, -0.15) is 11.3 Å². The van der Waals surface area contributed by atoms with Crippen molar-refractivity contribution in [3.63, 3.8) is 0 Å². The van der Waals surface area contributed by atoms with Gasteiger partial charge in [0.05, 0.1) is 5.69 Å². The van der Waals surface area contributed by atoms with Crippen LogP contribution >= 0.6 is 22.7 Å². The van der Waals surface area contributed by atoms with E-state index >= 15 is 0 Å². The normalized spacial score (nSPS) is 13.2. The molecular weight excluding hydrogens is 236 g/mol. The third-order valence-electron chi connectivity index (χ3n) is 2.40. The third kappa shape index (κ3) is 2.70. The van der Waals surface area contributed by atoms with Crippen molar-refractivity contribution in [2.75, 3.05) is 0 Å². The van der Waals surface area contributed by atoms with Crippen LogP contribution in [0.25, 0.3) is 10.6 Å². The molecule has 0 aliphatic carbocycles. The lowest BCUT2D eigenvalue weighted by Crippen LogP contribution is -2.13. The van der Waals surface area contributed by atoms with E-state index in [1.807, 2.05) is 0 Å². The van der Waals surface area contributed by atoms with Gasteiger partial charge in [-0.15, -0.1) is 11.3 Å². The van der Waals surface area contributed by atoms with Crippen molar-refractivity contribution < 1.29 is 0 Å². The molecule has 2 aromatic heterocycles. The minimum absolute atomic E-state index is 0.0728. The summed E-state index contributed by atoms with van der Waals surface area (Å²) >= 11 is 3.38. The number of nitrogens with two attached hydrogens (primary N) is 1. The monoisotopic (exact) mass is 252 g/mol. The Morgan fingerprint density at radius 2 is 2.19 bits per heavy atom. The van der Waals surface area contributed by atoms with E-state index in [0.717, 1.165) is 17.1 Å². The molecule has 0 spiro atoms. The van der Waals surface area contributed by atoms with E-state index in [2.05, 4.69) is 41.0 Å². The van der Waals surface area contributed by atoms with Crippen LogP contribution in [0.1, 0.15) is 32.0 Å². The number of hydrogen-bond donors (Lipinski definition) is 1. The van der Waals surface area contributed by atoms with Crippen LogP contribution < -0.4 is 5.73 Å². The second-order valence-corrected chi connectivity index (χ2v) is 5.96. The van der Waals surface area contributed by atoms with Gasteiger partial charge in [0.2, 0.25) is 0 Å². The maximum atomic E-state index is 6.11. The Bertz CT molecular complexity index is 432. The number of aromatic nitrogens is 1. The Morgan fingerprint density at radius 3 is 2.81 bits per heavy atom. The summed E-state index contributed by atoms with van der Waals surface area (Å²) in [6, 6.07) is 2.17. The van der Waals surface area contributed by atoms with Gasteiger partial charge in [-0.3, -0.25) is 0 Å². The van der Waals surface area contributed by atoms with Crippen LogP contribution in [0.2, 0.25) is 0 Å². The van der Waals surface area contributed by atoms with Crippen LogP contribution in [0.4, 0.5) is 0 Å². The zero-order valence-corrected chi connectivity index (χ0v) is 11.1. The van der Waals surface area contributed by atoms with Crippen molar-refractivity contribution in [2.45, 2.75) is 26.3 Å². The molecule has 0 saturated carbocycles. The number of hydrogen-bond acceptors (Lipinski definition) is 4. The van der Waals surface area contributed by atoms with Crippen molar-refractivity contribution in [1.29, 1.82) is 0 Å². The standard InChI is InChI=1S/C12H16N2S2/c1-8(2)5-10(13)11-7-16-12(14-11)9-3-4-15-6-9/h3-4,6-8,10H,5,13H2,1-2H3. The summed E-state index contributed by atoms with van der Waals surface area (Å²) in [5, 5.41) is 7.36. The molecule has 1 unspecified atom stereocenters. The second-order valence-electron chi connectivity index (χ2n) is 4.33. The zero-order valence-electron chi connectivity index (χ0n) is 9.51. The summed E-state index contributed by atoms with van der Waals surface area (Å²) in [6.07, 6.45) is 0.993. The van der Waals surface area contributed by atoms with Crippen molar-refractivity contribution in [1.82, 2.24) is 4.98 Å². The maximum Gasteiger partial charge on any atom is 0.124 e. The Balaban J connectivity index is 2.13. The van der Waals surface area contributed by atoms with Crippen LogP contribution in [0.15, 0.2) is 22.2 Å². The smallest absolute Gasteiger partial charge is 0.124 e. The Labute approximate surface area is 104 Å². The van der Waals surface area contributed by atoms with E-state index in [9.17, 15) is 0 Å². The van der Waals surface area contributed by atoms with Crippen LogP contribution in [-0.2, 0) is 0 Å². The van der Waals surface area contributed by atoms with Crippen molar-refractivity contribution in [3.8, 4) is 10.6 Å². The number of rotatable bonds is 4. The molecule has 1 atom stereocenters. The van der Waals surface area contributed by atoms with Gasteiger partial charge in [-0.1, -0.05) is 13.8 Å². The number of thiazole rings is 1. The first-order valence-electron chi connectivity index (χ1n) is 5.40. The predicted molar refractivity (Wildman–Crippen MR) is 71.8 cm³/mol. The summed E-state index contributed by atoms with van der Waals surface area (Å²) in [4.78, 5) is 4.61. The Kier molecular flexibility index (Phi) is 3.74. The van der Waals surface area contributed by atoms with E-state index < -0.39 is 0 Å². The first kappa shape index (κ1) is 11.8. The summed E-state index contributed by atoms with van der Waals surface area (Å²) in [7, 11) is 0. The SMILES string of the molecule is CC(C)CC(N)c1csc(-c2ccsc2)n1. The Morgan fingerprint density at radius 1 is 1.38 bits per heavy atom. The van der Waals surface area contributed by atoms with Gasteiger partial charge >= 0.3 is 0 Å². The fourth-order valence-corrected chi connectivity index (χ4v) is 3.20. The molecule has 2 N–H and O–H groups in total. The molecule has 86 valence electrons. The first-order valence-corrected chi connectivity index (χ1v) is 7.22. The lowest BCUT2D eigenvalue weighted by atomic mass is 10.0. The molecule has 0 aliphatic heterocycles. The molecule has 2 heterocycles. The fourth-order valence-electron chi connectivity index (χ4n) is 1.60. The van der Waals surface area contributed by atoms with Gasteiger partial charge in [-0.25, -0.2) is 4.98 Å². The highest BCUT2D eigenvalue weighted by Crippen LogP contribution is 2.28.